The van der Waals surface area contributed by atoms with Gasteiger partial charge in [0.1, 0.15) is 0 Å². The minimum atomic E-state index is -4.49. The van der Waals surface area contributed by atoms with Crippen LogP contribution in [0.5, 0.6) is 0 Å². The molecule has 0 saturated heterocycles. The Bertz CT molecular complexity index is 374. The molecule has 0 aromatic heterocycles. The van der Waals surface area contributed by atoms with E-state index in [1.807, 2.05) is 13.8 Å². The first-order valence-electron chi connectivity index (χ1n) is 6.12. The minimum Gasteiger partial charge on any atom is -0.242 e. The highest BCUT2D eigenvalue weighted by Crippen LogP contribution is 2.18. The predicted octanol–water partition coefficient (Wildman–Crippen LogP) is 3.26. The summed E-state index contributed by atoms with van der Waals surface area (Å²) in [7, 11) is -1.33. The van der Waals surface area contributed by atoms with Gasteiger partial charge in [0.2, 0.25) is 0 Å². The Kier molecular flexibility index (Phi) is 6.56. The van der Waals surface area contributed by atoms with Gasteiger partial charge >= 0.3 is 6.18 Å². The van der Waals surface area contributed by atoms with Crippen molar-refractivity contribution < 1.29 is 17.4 Å². The maximum Gasteiger partial charge on any atom is 0.457 e. The van der Waals surface area contributed by atoms with Crippen molar-refractivity contribution >= 4 is 11.0 Å². The standard InChI is InChI=1S/C13H22F3NOS/c1-9(2)11(17-19(18)12(4,5)6)10(3)7-8-13(14,15)16/h9-11,17H,1-6H3/t10?,11-,19?/m1/s1. The monoisotopic (exact) mass is 297 g/mol. The molecule has 6 heteroatoms. The van der Waals surface area contributed by atoms with Crippen molar-refractivity contribution in [3.8, 4) is 11.8 Å². The highest BCUT2D eigenvalue weighted by Gasteiger charge is 2.28. The van der Waals surface area contributed by atoms with Crippen LogP contribution in [-0.4, -0.2) is 21.2 Å². The molecule has 112 valence electrons. The van der Waals surface area contributed by atoms with Gasteiger partial charge in [-0.1, -0.05) is 19.8 Å². The van der Waals surface area contributed by atoms with Crippen molar-refractivity contribution in [2.45, 2.75) is 58.5 Å². The van der Waals surface area contributed by atoms with Crippen LogP contribution >= 0.6 is 0 Å². The van der Waals surface area contributed by atoms with Gasteiger partial charge < -0.3 is 0 Å². The number of halogens is 3. The molecule has 0 aliphatic carbocycles. The minimum absolute atomic E-state index is 0.0313. The number of hydrogen-bond donors (Lipinski definition) is 1. The Morgan fingerprint density at radius 3 is 1.89 bits per heavy atom. The summed E-state index contributed by atoms with van der Waals surface area (Å²) in [6, 6.07) is -0.352. The van der Waals surface area contributed by atoms with Gasteiger partial charge in [-0.2, -0.15) is 13.2 Å². The lowest BCUT2D eigenvalue weighted by Crippen LogP contribution is -2.45. The number of rotatable bonds is 4. The fourth-order valence-electron chi connectivity index (χ4n) is 1.40. The van der Waals surface area contributed by atoms with Gasteiger partial charge in [0.05, 0.1) is 15.7 Å². The topological polar surface area (TPSA) is 29.1 Å². The van der Waals surface area contributed by atoms with Crippen LogP contribution in [0.4, 0.5) is 13.2 Å². The molecule has 0 aliphatic rings. The van der Waals surface area contributed by atoms with Gasteiger partial charge in [-0.25, -0.2) is 8.93 Å². The lowest BCUT2D eigenvalue weighted by Gasteiger charge is -2.28. The first kappa shape index (κ1) is 18.5. The van der Waals surface area contributed by atoms with E-state index in [0.29, 0.717) is 0 Å². The quantitative estimate of drug-likeness (QED) is 0.793. The van der Waals surface area contributed by atoms with Crippen molar-refractivity contribution in [1.82, 2.24) is 4.72 Å². The summed E-state index contributed by atoms with van der Waals surface area (Å²) in [4.78, 5) is 0. The van der Waals surface area contributed by atoms with Crippen LogP contribution in [0.25, 0.3) is 0 Å². The Balaban J connectivity index is 4.93. The third kappa shape index (κ3) is 7.58. The van der Waals surface area contributed by atoms with Gasteiger partial charge in [0.25, 0.3) is 0 Å². The Labute approximate surface area is 116 Å². The van der Waals surface area contributed by atoms with E-state index in [0.717, 1.165) is 0 Å². The second kappa shape index (κ2) is 6.76. The number of nitrogens with one attached hydrogen (secondary N) is 1. The molecule has 0 heterocycles. The Morgan fingerprint density at radius 1 is 1.11 bits per heavy atom. The summed E-state index contributed by atoms with van der Waals surface area (Å²) in [5.41, 5.74) is 0. The molecule has 0 saturated carbocycles. The zero-order valence-corrected chi connectivity index (χ0v) is 13.0. The summed E-state index contributed by atoms with van der Waals surface area (Å²) in [6.07, 6.45) is -4.49. The average molecular weight is 297 g/mol. The molecule has 0 bridgehead atoms. The van der Waals surface area contributed by atoms with Crippen LogP contribution in [0.1, 0.15) is 41.5 Å². The summed E-state index contributed by atoms with van der Waals surface area (Å²) < 4.78 is 50.7. The van der Waals surface area contributed by atoms with E-state index in [9.17, 15) is 17.4 Å². The van der Waals surface area contributed by atoms with Gasteiger partial charge in [-0.05, 0) is 33.6 Å². The summed E-state index contributed by atoms with van der Waals surface area (Å²) >= 11 is 0. The lowest BCUT2D eigenvalue weighted by atomic mass is 9.93. The van der Waals surface area contributed by atoms with Crippen molar-refractivity contribution in [3.63, 3.8) is 0 Å². The molecule has 0 rings (SSSR count). The van der Waals surface area contributed by atoms with Gasteiger partial charge in [-0.15, -0.1) is 0 Å². The Hall–Kier alpha value is -0.540. The summed E-state index contributed by atoms with van der Waals surface area (Å²) in [5, 5.41) is 0. The fraction of sp³-hybridized carbons (Fsp3) is 0.846. The van der Waals surface area contributed by atoms with E-state index >= 15 is 0 Å². The summed E-state index contributed by atoms with van der Waals surface area (Å²) in [6.45, 7) is 10.8. The fourth-order valence-corrected chi connectivity index (χ4v) is 2.48. The lowest BCUT2D eigenvalue weighted by molar-refractivity contribution is -0.0698. The molecule has 0 aromatic carbocycles. The zero-order chi connectivity index (χ0) is 15.4. The van der Waals surface area contributed by atoms with E-state index in [1.165, 1.54) is 5.92 Å². The molecule has 0 radical (unpaired) electrons. The van der Waals surface area contributed by atoms with Crippen LogP contribution in [0, 0.1) is 23.7 Å². The van der Waals surface area contributed by atoms with Gasteiger partial charge in [0.15, 0.2) is 0 Å². The smallest absolute Gasteiger partial charge is 0.242 e. The number of alkyl halides is 3. The maximum absolute atomic E-state index is 12.1. The SMILES string of the molecule is CC(C)[C@@H](NS(=O)C(C)(C)C)C(C)C#CC(F)(F)F. The van der Waals surface area contributed by atoms with E-state index in [2.05, 4.69) is 10.6 Å². The van der Waals surface area contributed by atoms with Crippen molar-refractivity contribution in [1.29, 1.82) is 0 Å². The van der Waals surface area contributed by atoms with Crippen LogP contribution < -0.4 is 4.72 Å². The van der Waals surface area contributed by atoms with E-state index in [-0.39, 0.29) is 12.0 Å². The average Bonchev–Trinajstić information content (AvgIpc) is 2.19. The molecular weight excluding hydrogens is 275 g/mol. The normalized spacial score (nSPS) is 17.6. The van der Waals surface area contributed by atoms with Crippen LogP contribution in [-0.2, 0) is 11.0 Å². The van der Waals surface area contributed by atoms with Gasteiger partial charge in [-0.3, -0.25) is 0 Å². The number of hydrogen-bond acceptors (Lipinski definition) is 1. The molecule has 0 amide bonds. The van der Waals surface area contributed by atoms with Crippen LogP contribution in [0.3, 0.4) is 0 Å². The highest BCUT2D eigenvalue weighted by atomic mass is 32.2. The molecular formula is C13H22F3NOS. The van der Waals surface area contributed by atoms with Crippen molar-refractivity contribution in [2.24, 2.45) is 11.8 Å². The predicted molar refractivity (Wildman–Crippen MR) is 72.7 cm³/mol. The summed E-state index contributed by atoms with van der Waals surface area (Å²) in [5.74, 6) is 2.97. The Morgan fingerprint density at radius 2 is 1.58 bits per heavy atom. The first-order valence-corrected chi connectivity index (χ1v) is 7.27. The molecule has 2 nitrogen and oxygen atoms in total. The molecule has 19 heavy (non-hydrogen) atoms. The van der Waals surface area contributed by atoms with Crippen molar-refractivity contribution in [3.05, 3.63) is 0 Å². The molecule has 0 fully saturated rings. The van der Waals surface area contributed by atoms with Crippen LogP contribution in [0.15, 0.2) is 0 Å². The third-order valence-corrected chi connectivity index (χ3v) is 4.10. The van der Waals surface area contributed by atoms with E-state index in [1.54, 1.807) is 27.7 Å². The molecule has 0 aliphatic heterocycles. The molecule has 3 atom stereocenters. The second-order valence-electron chi connectivity index (χ2n) is 5.82. The van der Waals surface area contributed by atoms with Crippen LogP contribution in [0.2, 0.25) is 0 Å². The largest absolute Gasteiger partial charge is 0.457 e. The first-order chi connectivity index (χ1) is 8.34. The second-order valence-corrected chi connectivity index (χ2v) is 7.82. The molecule has 2 unspecified atom stereocenters. The highest BCUT2D eigenvalue weighted by molar-refractivity contribution is 7.84. The van der Waals surface area contributed by atoms with Gasteiger partial charge in [0, 0.05) is 17.9 Å². The molecule has 0 aromatic rings. The third-order valence-electron chi connectivity index (χ3n) is 2.50. The zero-order valence-electron chi connectivity index (χ0n) is 12.2. The van der Waals surface area contributed by atoms with Crippen molar-refractivity contribution in [2.75, 3.05) is 0 Å². The maximum atomic E-state index is 12.1. The molecule has 0 spiro atoms. The van der Waals surface area contributed by atoms with E-state index < -0.39 is 27.8 Å². The molecule has 1 N–H and O–H groups in total. The van der Waals surface area contributed by atoms with E-state index in [4.69, 9.17) is 0 Å².